The molecule has 2 aromatic rings. The maximum Gasteiger partial charge on any atom is 0.211 e. The Labute approximate surface area is 166 Å². The van der Waals surface area contributed by atoms with E-state index in [4.69, 9.17) is 0 Å². The maximum atomic E-state index is 9.95. The lowest BCUT2D eigenvalue weighted by molar-refractivity contribution is -0.105. The van der Waals surface area contributed by atoms with Crippen molar-refractivity contribution in [1.29, 1.82) is 0 Å². The standard InChI is InChI=1S/C10H20.C8H9NO.C7H8/c1-4-5-6-7-8-9-10(2)3;1-7-2-4-8(5-3-7)9-6-10;1-7-5-3-2-4-6-7/h7-8,10H,4-6,9H2,1-3H3;2-6H,1H3,(H,9,10);2-6H,1H3/b8-7-;;. The Hall–Kier alpha value is -2.35. The zero-order chi connectivity index (χ0) is 20.3. The Balaban J connectivity index is 0.000000382. The number of hydrogen-bond donors (Lipinski definition) is 1. The third-order valence-electron chi connectivity index (χ3n) is 3.72. The van der Waals surface area contributed by atoms with Gasteiger partial charge in [0, 0.05) is 5.69 Å². The van der Waals surface area contributed by atoms with Crippen LogP contribution in [0.3, 0.4) is 0 Å². The topological polar surface area (TPSA) is 29.1 Å². The average molecular weight is 368 g/mol. The summed E-state index contributed by atoms with van der Waals surface area (Å²) in [5, 5.41) is 2.55. The molecule has 0 unspecified atom stereocenters. The van der Waals surface area contributed by atoms with E-state index in [-0.39, 0.29) is 0 Å². The van der Waals surface area contributed by atoms with Crippen LogP contribution in [0.2, 0.25) is 0 Å². The summed E-state index contributed by atoms with van der Waals surface area (Å²) in [5.41, 5.74) is 3.35. The minimum Gasteiger partial charge on any atom is -0.329 e. The maximum absolute atomic E-state index is 9.95. The van der Waals surface area contributed by atoms with Gasteiger partial charge in [0.15, 0.2) is 0 Å². The van der Waals surface area contributed by atoms with Gasteiger partial charge >= 0.3 is 0 Å². The molecular formula is C25H37NO. The van der Waals surface area contributed by atoms with Crippen molar-refractivity contribution in [1.82, 2.24) is 0 Å². The lowest BCUT2D eigenvalue weighted by atomic mass is 10.1. The van der Waals surface area contributed by atoms with Gasteiger partial charge in [-0.25, -0.2) is 0 Å². The Kier molecular flexibility index (Phi) is 15.6. The van der Waals surface area contributed by atoms with Gasteiger partial charge in [-0.3, -0.25) is 4.79 Å². The molecule has 2 rings (SSSR count). The SMILES string of the molecule is CCCC/C=C\CC(C)C.Cc1ccc(NC=O)cc1.Cc1ccccc1. The summed E-state index contributed by atoms with van der Waals surface area (Å²) in [7, 11) is 0. The summed E-state index contributed by atoms with van der Waals surface area (Å²) in [6.07, 6.45) is 10.4. The van der Waals surface area contributed by atoms with Gasteiger partial charge in [-0.15, -0.1) is 0 Å². The van der Waals surface area contributed by atoms with E-state index < -0.39 is 0 Å². The third-order valence-corrected chi connectivity index (χ3v) is 3.72. The van der Waals surface area contributed by atoms with Gasteiger partial charge in [0.05, 0.1) is 0 Å². The molecule has 0 radical (unpaired) electrons. The Morgan fingerprint density at radius 3 is 1.93 bits per heavy atom. The van der Waals surface area contributed by atoms with Crippen LogP contribution in [0.5, 0.6) is 0 Å². The molecule has 27 heavy (non-hydrogen) atoms. The predicted molar refractivity (Wildman–Crippen MR) is 120 cm³/mol. The number of nitrogens with one attached hydrogen (secondary N) is 1. The number of carbonyl (C=O) groups is 1. The lowest BCUT2D eigenvalue weighted by Crippen LogP contribution is -1.92. The highest BCUT2D eigenvalue weighted by Gasteiger charge is 1.87. The number of amides is 1. The summed E-state index contributed by atoms with van der Waals surface area (Å²) >= 11 is 0. The highest BCUT2D eigenvalue weighted by Crippen LogP contribution is 2.06. The van der Waals surface area contributed by atoms with E-state index in [9.17, 15) is 4.79 Å². The van der Waals surface area contributed by atoms with Crippen LogP contribution in [0.15, 0.2) is 66.7 Å². The van der Waals surface area contributed by atoms with Crippen LogP contribution in [-0.2, 0) is 4.79 Å². The molecule has 0 saturated heterocycles. The zero-order valence-electron chi connectivity index (χ0n) is 17.7. The Morgan fingerprint density at radius 1 is 0.889 bits per heavy atom. The van der Waals surface area contributed by atoms with E-state index in [2.05, 4.69) is 57.3 Å². The molecule has 0 atom stereocenters. The molecule has 0 aromatic heterocycles. The predicted octanol–water partition coefficient (Wildman–Crippen LogP) is 7.34. The minimum atomic E-state index is 0.671. The second kappa shape index (κ2) is 17.1. The number of anilines is 1. The van der Waals surface area contributed by atoms with Crippen LogP contribution in [-0.4, -0.2) is 6.41 Å². The summed E-state index contributed by atoms with van der Waals surface area (Å²) in [6.45, 7) is 10.8. The van der Waals surface area contributed by atoms with Crippen molar-refractivity contribution in [2.45, 2.75) is 60.3 Å². The van der Waals surface area contributed by atoms with Gasteiger partial charge in [0.2, 0.25) is 6.41 Å². The van der Waals surface area contributed by atoms with Crippen molar-refractivity contribution < 1.29 is 4.79 Å². The number of benzene rings is 2. The lowest BCUT2D eigenvalue weighted by Gasteiger charge is -1.96. The molecule has 0 spiro atoms. The molecule has 2 aromatic carbocycles. The summed E-state index contributed by atoms with van der Waals surface area (Å²) in [6, 6.07) is 17.9. The van der Waals surface area contributed by atoms with E-state index in [1.807, 2.05) is 49.4 Å². The van der Waals surface area contributed by atoms with E-state index in [0.29, 0.717) is 6.41 Å². The normalized spacial score (nSPS) is 9.85. The number of aryl methyl sites for hydroxylation is 2. The van der Waals surface area contributed by atoms with Crippen LogP contribution >= 0.6 is 0 Å². The molecular weight excluding hydrogens is 330 g/mol. The first kappa shape index (κ1) is 24.7. The molecule has 1 N–H and O–H groups in total. The number of hydrogen-bond acceptors (Lipinski definition) is 1. The van der Waals surface area contributed by atoms with Gasteiger partial charge in [-0.05, 0) is 44.7 Å². The first-order valence-electron chi connectivity index (χ1n) is 9.93. The van der Waals surface area contributed by atoms with E-state index >= 15 is 0 Å². The van der Waals surface area contributed by atoms with Crippen molar-refractivity contribution in [3.05, 3.63) is 77.9 Å². The molecule has 2 heteroatoms. The molecule has 0 heterocycles. The quantitative estimate of drug-likeness (QED) is 0.309. The molecule has 2 nitrogen and oxygen atoms in total. The van der Waals surface area contributed by atoms with Crippen LogP contribution < -0.4 is 5.32 Å². The highest BCUT2D eigenvalue weighted by molar-refractivity contribution is 5.70. The minimum absolute atomic E-state index is 0.671. The Morgan fingerprint density at radius 2 is 1.48 bits per heavy atom. The average Bonchev–Trinajstić information content (AvgIpc) is 2.65. The van der Waals surface area contributed by atoms with Crippen LogP contribution in [0, 0.1) is 19.8 Å². The molecule has 0 aliphatic heterocycles. The zero-order valence-corrected chi connectivity index (χ0v) is 17.7. The third kappa shape index (κ3) is 16.8. The molecule has 0 saturated carbocycles. The monoisotopic (exact) mass is 367 g/mol. The fourth-order valence-electron chi connectivity index (χ4n) is 2.06. The fraction of sp³-hybridized carbons (Fsp3) is 0.400. The molecule has 0 aliphatic carbocycles. The van der Waals surface area contributed by atoms with Crippen LogP contribution in [0.1, 0.15) is 57.6 Å². The Bertz CT molecular complexity index is 600. The molecule has 1 amide bonds. The van der Waals surface area contributed by atoms with Crippen molar-refractivity contribution in [3.8, 4) is 0 Å². The largest absolute Gasteiger partial charge is 0.329 e. The summed E-state index contributed by atoms with van der Waals surface area (Å²) in [4.78, 5) is 9.95. The number of unbranched alkanes of at least 4 members (excludes halogenated alkanes) is 2. The van der Waals surface area contributed by atoms with E-state index in [0.717, 1.165) is 11.6 Å². The molecule has 0 bridgehead atoms. The van der Waals surface area contributed by atoms with Crippen LogP contribution in [0.25, 0.3) is 0 Å². The second-order valence-corrected chi connectivity index (χ2v) is 7.03. The molecule has 0 aliphatic rings. The van der Waals surface area contributed by atoms with Gasteiger partial charge in [-0.2, -0.15) is 0 Å². The van der Waals surface area contributed by atoms with Crippen molar-refractivity contribution >= 4 is 12.1 Å². The first-order valence-corrected chi connectivity index (χ1v) is 9.93. The van der Waals surface area contributed by atoms with Gasteiger partial charge < -0.3 is 5.32 Å². The van der Waals surface area contributed by atoms with Crippen molar-refractivity contribution in [2.24, 2.45) is 5.92 Å². The van der Waals surface area contributed by atoms with Gasteiger partial charge in [0.25, 0.3) is 0 Å². The first-order chi connectivity index (χ1) is 13.0. The summed E-state index contributed by atoms with van der Waals surface area (Å²) in [5.74, 6) is 0.817. The van der Waals surface area contributed by atoms with Gasteiger partial charge in [-0.1, -0.05) is 99.4 Å². The smallest absolute Gasteiger partial charge is 0.211 e. The molecule has 0 fully saturated rings. The highest BCUT2D eigenvalue weighted by atomic mass is 16.1. The van der Waals surface area contributed by atoms with E-state index in [1.165, 1.54) is 36.8 Å². The number of carbonyl (C=O) groups excluding carboxylic acids is 1. The van der Waals surface area contributed by atoms with Gasteiger partial charge in [0.1, 0.15) is 0 Å². The second-order valence-electron chi connectivity index (χ2n) is 7.03. The number of allylic oxidation sites excluding steroid dienone is 2. The fourth-order valence-corrected chi connectivity index (χ4v) is 2.06. The summed E-state index contributed by atoms with van der Waals surface area (Å²) < 4.78 is 0. The molecule has 148 valence electrons. The van der Waals surface area contributed by atoms with E-state index in [1.54, 1.807) is 0 Å². The number of rotatable bonds is 7. The van der Waals surface area contributed by atoms with Crippen molar-refractivity contribution in [3.63, 3.8) is 0 Å². The van der Waals surface area contributed by atoms with Crippen LogP contribution in [0.4, 0.5) is 5.69 Å². The van der Waals surface area contributed by atoms with Crippen molar-refractivity contribution in [2.75, 3.05) is 5.32 Å².